The van der Waals surface area contributed by atoms with E-state index >= 15 is 0 Å². The van der Waals surface area contributed by atoms with Crippen LogP contribution in [0.25, 0.3) is 11.5 Å². The van der Waals surface area contributed by atoms with Gasteiger partial charge >= 0.3 is 0 Å². The zero-order chi connectivity index (χ0) is 11.8. The monoisotopic (exact) mass is 231 g/mol. The maximum atomic E-state index is 9.76. The lowest BCUT2D eigenvalue weighted by atomic mass is 9.85. The van der Waals surface area contributed by atoms with Crippen LogP contribution in [-0.4, -0.2) is 15.2 Å². The van der Waals surface area contributed by atoms with E-state index in [2.05, 4.69) is 10.1 Å². The highest BCUT2D eigenvalue weighted by Gasteiger charge is 2.25. The summed E-state index contributed by atoms with van der Waals surface area (Å²) in [6.45, 7) is 0. The fourth-order valence-electron chi connectivity index (χ4n) is 1.91. The SMILES string of the molecule is Nc1ccc(-c2nc(C3CCC3)no2)c(O)c1. The molecule has 0 amide bonds. The zero-order valence-corrected chi connectivity index (χ0v) is 9.26. The highest BCUT2D eigenvalue weighted by Crippen LogP contribution is 2.36. The summed E-state index contributed by atoms with van der Waals surface area (Å²) >= 11 is 0. The molecule has 5 nitrogen and oxygen atoms in total. The lowest BCUT2D eigenvalue weighted by molar-refractivity contribution is 0.365. The largest absolute Gasteiger partial charge is 0.507 e. The number of hydrogen-bond donors (Lipinski definition) is 2. The maximum absolute atomic E-state index is 9.76. The van der Waals surface area contributed by atoms with Crippen molar-refractivity contribution in [3.05, 3.63) is 24.0 Å². The summed E-state index contributed by atoms with van der Waals surface area (Å²) in [6, 6.07) is 4.85. The molecule has 5 heteroatoms. The number of nitrogens with zero attached hydrogens (tertiary/aromatic N) is 2. The van der Waals surface area contributed by atoms with E-state index in [1.165, 1.54) is 12.5 Å². The quantitative estimate of drug-likeness (QED) is 0.774. The Hall–Kier alpha value is -2.04. The van der Waals surface area contributed by atoms with Gasteiger partial charge in [-0.15, -0.1) is 0 Å². The van der Waals surface area contributed by atoms with E-state index in [1.54, 1.807) is 12.1 Å². The summed E-state index contributed by atoms with van der Waals surface area (Å²) in [6.07, 6.45) is 3.46. The third-order valence-electron chi connectivity index (χ3n) is 3.16. The molecule has 88 valence electrons. The van der Waals surface area contributed by atoms with Gasteiger partial charge in [-0.05, 0) is 25.0 Å². The molecule has 2 aromatic rings. The topological polar surface area (TPSA) is 85.2 Å². The smallest absolute Gasteiger partial charge is 0.261 e. The average Bonchev–Trinajstić information content (AvgIpc) is 2.64. The predicted octanol–water partition coefficient (Wildman–Crippen LogP) is 2.29. The van der Waals surface area contributed by atoms with Gasteiger partial charge in [-0.25, -0.2) is 0 Å². The summed E-state index contributed by atoms with van der Waals surface area (Å²) in [7, 11) is 0. The highest BCUT2D eigenvalue weighted by molar-refractivity contribution is 5.66. The van der Waals surface area contributed by atoms with Crippen LogP contribution < -0.4 is 5.73 Å². The predicted molar refractivity (Wildman–Crippen MR) is 62.4 cm³/mol. The van der Waals surface area contributed by atoms with Crippen molar-refractivity contribution >= 4 is 5.69 Å². The first-order valence-electron chi connectivity index (χ1n) is 5.66. The van der Waals surface area contributed by atoms with Crippen molar-refractivity contribution in [3.8, 4) is 17.2 Å². The molecule has 0 unspecified atom stereocenters. The maximum Gasteiger partial charge on any atom is 0.261 e. The Bertz CT molecular complexity index is 546. The van der Waals surface area contributed by atoms with E-state index in [0.717, 1.165) is 18.7 Å². The van der Waals surface area contributed by atoms with Crippen molar-refractivity contribution in [2.24, 2.45) is 0 Å². The molecule has 0 aliphatic heterocycles. The molecule has 0 atom stereocenters. The number of benzene rings is 1. The van der Waals surface area contributed by atoms with Crippen molar-refractivity contribution < 1.29 is 9.63 Å². The van der Waals surface area contributed by atoms with Crippen LogP contribution in [0, 0.1) is 0 Å². The molecule has 1 aliphatic rings. The Labute approximate surface area is 98.3 Å². The normalized spacial score (nSPS) is 15.8. The number of hydrogen-bond acceptors (Lipinski definition) is 5. The summed E-state index contributed by atoms with van der Waals surface area (Å²) in [5, 5.41) is 13.7. The van der Waals surface area contributed by atoms with Crippen molar-refractivity contribution in [2.75, 3.05) is 5.73 Å². The van der Waals surface area contributed by atoms with Crippen LogP contribution in [0.5, 0.6) is 5.75 Å². The molecule has 1 fully saturated rings. The Balaban J connectivity index is 1.94. The standard InChI is InChI=1S/C12H13N3O2/c13-8-4-5-9(10(16)6-8)12-14-11(15-17-12)7-2-1-3-7/h4-7,16H,1-3,13H2. The molecular weight excluding hydrogens is 218 g/mol. The summed E-state index contributed by atoms with van der Waals surface area (Å²) in [4.78, 5) is 4.31. The number of anilines is 1. The number of nitrogen functional groups attached to an aromatic ring is 1. The van der Waals surface area contributed by atoms with Crippen LogP contribution in [0.3, 0.4) is 0 Å². The summed E-state index contributed by atoms with van der Waals surface area (Å²) < 4.78 is 5.17. The Morgan fingerprint density at radius 2 is 2.18 bits per heavy atom. The Morgan fingerprint density at radius 3 is 2.82 bits per heavy atom. The third kappa shape index (κ3) is 1.73. The molecule has 0 saturated heterocycles. The van der Waals surface area contributed by atoms with Gasteiger partial charge in [-0.2, -0.15) is 4.98 Å². The van der Waals surface area contributed by atoms with Crippen LogP contribution in [-0.2, 0) is 0 Å². The minimum Gasteiger partial charge on any atom is -0.507 e. The second-order valence-corrected chi connectivity index (χ2v) is 4.36. The molecule has 1 saturated carbocycles. The fourth-order valence-corrected chi connectivity index (χ4v) is 1.91. The Morgan fingerprint density at radius 1 is 1.35 bits per heavy atom. The van der Waals surface area contributed by atoms with Crippen molar-refractivity contribution in [1.29, 1.82) is 0 Å². The average molecular weight is 231 g/mol. The van der Waals surface area contributed by atoms with Gasteiger partial charge in [-0.1, -0.05) is 11.6 Å². The van der Waals surface area contributed by atoms with Crippen molar-refractivity contribution in [1.82, 2.24) is 10.1 Å². The zero-order valence-electron chi connectivity index (χ0n) is 9.26. The first kappa shape index (κ1) is 10.1. The van der Waals surface area contributed by atoms with Crippen LogP contribution in [0.2, 0.25) is 0 Å². The third-order valence-corrected chi connectivity index (χ3v) is 3.16. The highest BCUT2D eigenvalue weighted by atomic mass is 16.5. The van der Waals surface area contributed by atoms with Gasteiger partial charge in [0.15, 0.2) is 5.82 Å². The molecule has 1 aliphatic carbocycles. The molecule has 0 bridgehead atoms. The fraction of sp³-hybridized carbons (Fsp3) is 0.333. The van der Waals surface area contributed by atoms with E-state index in [0.29, 0.717) is 23.1 Å². The lowest BCUT2D eigenvalue weighted by Crippen LogP contribution is -2.10. The number of phenols is 1. The van der Waals surface area contributed by atoms with E-state index < -0.39 is 0 Å². The van der Waals surface area contributed by atoms with Gasteiger partial charge in [0.1, 0.15) is 5.75 Å². The molecular formula is C12H13N3O2. The second kappa shape index (κ2) is 3.76. The number of aromatic nitrogens is 2. The van der Waals surface area contributed by atoms with E-state index in [9.17, 15) is 5.11 Å². The second-order valence-electron chi connectivity index (χ2n) is 4.36. The Kier molecular flexibility index (Phi) is 2.24. The lowest BCUT2D eigenvalue weighted by Gasteiger charge is -2.20. The van der Waals surface area contributed by atoms with Gasteiger partial charge < -0.3 is 15.4 Å². The van der Waals surface area contributed by atoms with Crippen LogP contribution in [0.15, 0.2) is 22.7 Å². The van der Waals surface area contributed by atoms with Crippen LogP contribution in [0.1, 0.15) is 31.0 Å². The molecule has 3 N–H and O–H groups in total. The van der Waals surface area contributed by atoms with E-state index in [1.807, 2.05) is 0 Å². The molecule has 0 radical (unpaired) electrons. The number of aromatic hydroxyl groups is 1. The summed E-state index contributed by atoms with van der Waals surface area (Å²) in [5.74, 6) is 1.57. The molecule has 1 heterocycles. The first-order valence-corrected chi connectivity index (χ1v) is 5.66. The van der Waals surface area contributed by atoms with Crippen molar-refractivity contribution in [3.63, 3.8) is 0 Å². The van der Waals surface area contributed by atoms with Gasteiger partial charge in [0, 0.05) is 17.7 Å². The minimum atomic E-state index is 0.0637. The molecule has 0 spiro atoms. The molecule has 1 aromatic heterocycles. The molecule has 3 rings (SSSR count). The van der Waals surface area contributed by atoms with Gasteiger partial charge in [0.25, 0.3) is 5.89 Å². The van der Waals surface area contributed by atoms with Crippen molar-refractivity contribution in [2.45, 2.75) is 25.2 Å². The van der Waals surface area contributed by atoms with Crippen LogP contribution >= 0.6 is 0 Å². The molecule has 17 heavy (non-hydrogen) atoms. The number of nitrogens with two attached hydrogens (primary N) is 1. The number of rotatable bonds is 2. The van der Waals surface area contributed by atoms with E-state index in [-0.39, 0.29) is 5.75 Å². The van der Waals surface area contributed by atoms with Gasteiger partial charge in [-0.3, -0.25) is 0 Å². The molecule has 1 aromatic carbocycles. The first-order chi connectivity index (χ1) is 8.24. The van der Waals surface area contributed by atoms with E-state index in [4.69, 9.17) is 10.3 Å². The van der Waals surface area contributed by atoms with Gasteiger partial charge in [0.05, 0.1) is 5.56 Å². The summed E-state index contributed by atoms with van der Waals surface area (Å²) in [5.41, 5.74) is 6.59. The van der Waals surface area contributed by atoms with Gasteiger partial charge in [0.2, 0.25) is 0 Å². The minimum absolute atomic E-state index is 0.0637. The van der Waals surface area contributed by atoms with Crippen LogP contribution in [0.4, 0.5) is 5.69 Å². The number of phenolic OH excluding ortho intramolecular Hbond substituents is 1.